The van der Waals surface area contributed by atoms with Crippen LogP contribution in [0, 0.1) is 0 Å². The molecule has 3 aromatic rings. The molecule has 0 amide bonds. The van der Waals surface area contributed by atoms with E-state index in [4.69, 9.17) is 4.99 Å². The van der Waals surface area contributed by atoms with Gasteiger partial charge in [-0.05, 0) is 42.0 Å². The molecule has 2 aromatic carbocycles. The van der Waals surface area contributed by atoms with E-state index in [0.29, 0.717) is 13.1 Å². The summed E-state index contributed by atoms with van der Waals surface area (Å²) in [4.78, 5) is 12.3. The fourth-order valence-corrected chi connectivity index (χ4v) is 3.45. The van der Waals surface area contributed by atoms with Gasteiger partial charge in [0, 0.05) is 25.0 Å². The first kappa shape index (κ1) is 24.2. The molecule has 30 heavy (non-hydrogen) atoms. The highest BCUT2D eigenvalue weighted by atomic mass is 127. The molecular weight excluding hydrogens is 507 g/mol. The van der Waals surface area contributed by atoms with Gasteiger partial charge in [0.05, 0.1) is 13.1 Å². The Balaban J connectivity index is 0.00000320. The van der Waals surface area contributed by atoms with Gasteiger partial charge in [-0.25, -0.2) is 14.7 Å². The standard InChI is InChI=1S/C22H28N6S.HI/c1-4-24-22(27(2)14-18-8-10-21(29-3)11-9-18)25-13-19-6-5-7-20(12-19)15-28-17-23-16-26-28;/h5-12,16-17H,4,13-15H2,1-3H3,(H,24,25);1H. The number of benzene rings is 2. The van der Waals surface area contributed by atoms with Gasteiger partial charge in [-0.1, -0.05) is 36.4 Å². The van der Waals surface area contributed by atoms with Gasteiger partial charge < -0.3 is 10.2 Å². The summed E-state index contributed by atoms with van der Waals surface area (Å²) in [5, 5.41) is 7.57. The Morgan fingerprint density at radius 2 is 1.90 bits per heavy atom. The first-order valence-corrected chi connectivity index (χ1v) is 10.9. The van der Waals surface area contributed by atoms with E-state index < -0.39 is 0 Å². The lowest BCUT2D eigenvalue weighted by molar-refractivity contribution is 0.476. The molecule has 0 radical (unpaired) electrons. The van der Waals surface area contributed by atoms with Crippen LogP contribution >= 0.6 is 35.7 Å². The molecule has 3 rings (SSSR count). The highest BCUT2D eigenvalue weighted by Gasteiger charge is 2.07. The lowest BCUT2D eigenvalue weighted by Crippen LogP contribution is -2.38. The van der Waals surface area contributed by atoms with E-state index in [-0.39, 0.29) is 24.0 Å². The minimum absolute atomic E-state index is 0. The monoisotopic (exact) mass is 536 g/mol. The maximum absolute atomic E-state index is 4.84. The average Bonchev–Trinajstić information content (AvgIpc) is 3.25. The number of guanidine groups is 1. The highest BCUT2D eigenvalue weighted by molar-refractivity contribution is 14.0. The molecule has 0 spiro atoms. The Kier molecular flexibility index (Phi) is 10.2. The Labute approximate surface area is 200 Å². The van der Waals surface area contributed by atoms with Crippen LogP contribution in [0.25, 0.3) is 0 Å². The van der Waals surface area contributed by atoms with Crippen molar-refractivity contribution in [1.29, 1.82) is 0 Å². The molecule has 0 aliphatic rings. The summed E-state index contributed by atoms with van der Waals surface area (Å²) < 4.78 is 1.82. The Hall–Kier alpha value is -2.07. The summed E-state index contributed by atoms with van der Waals surface area (Å²) in [6.45, 7) is 5.08. The van der Waals surface area contributed by atoms with Crippen molar-refractivity contribution in [2.45, 2.75) is 31.5 Å². The molecule has 160 valence electrons. The summed E-state index contributed by atoms with van der Waals surface area (Å²) in [6.07, 6.45) is 5.38. The van der Waals surface area contributed by atoms with Crippen molar-refractivity contribution in [1.82, 2.24) is 25.0 Å². The Bertz CT molecular complexity index is 912. The zero-order valence-corrected chi connectivity index (χ0v) is 20.8. The summed E-state index contributed by atoms with van der Waals surface area (Å²) in [5.74, 6) is 0.906. The predicted molar refractivity (Wildman–Crippen MR) is 135 cm³/mol. The number of nitrogens with zero attached hydrogens (tertiary/aromatic N) is 5. The number of hydrogen-bond donors (Lipinski definition) is 1. The van der Waals surface area contributed by atoms with Crippen LogP contribution in [0.5, 0.6) is 0 Å². The Morgan fingerprint density at radius 1 is 1.13 bits per heavy atom. The first-order chi connectivity index (χ1) is 14.2. The van der Waals surface area contributed by atoms with E-state index in [2.05, 4.69) is 89.1 Å². The molecule has 0 saturated carbocycles. The van der Waals surface area contributed by atoms with Crippen LogP contribution < -0.4 is 5.32 Å². The molecular formula is C22H29IN6S. The number of aromatic nitrogens is 3. The van der Waals surface area contributed by atoms with Gasteiger partial charge in [0.1, 0.15) is 12.7 Å². The van der Waals surface area contributed by atoms with Gasteiger partial charge >= 0.3 is 0 Å². The quantitative estimate of drug-likeness (QED) is 0.202. The molecule has 1 N–H and O–H groups in total. The molecule has 0 aliphatic carbocycles. The van der Waals surface area contributed by atoms with Crippen LogP contribution in [-0.2, 0) is 19.6 Å². The highest BCUT2D eigenvalue weighted by Crippen LogP contribution is 2.16. The van der Waals surface area contributed by atoms with E-state index in [1.165, 1.54) is 21.6 Å². The molecule has 1 aromatic heterocycles. The van der Waals surface area contributed by atoms with E-state index in [9.17, 15) is 0 Å². The lowest BCUT2D eigenvalue weighted by atomic mass is 10.1. The van der Waals surface area contributed by atoms with Crippen molar-refractivity contribution in [2.75, 3.05) is 19.8 Å². The second-order valence-electron chi connectivity index (χ2n) is 6.79. The molecule has 0 unspecified atom stereocenters. The largest absolute Gasteiger partial charge is 0.357 e. The minimum Gasteiger partial charge on any atom is -0.357 e. The second-order valence-corrected chi connectivity index (χ2v) is 7.67. The van der Waals surface area contributed by atoms with Gasteiger partial charge in [0.2, 0.25) is 0 Å². The zero-order valence-electron chi connectivity index (χ0n) is 17.7. The number of halogens is 1. The first-order valence-electron chi connectivity index (χ1n) is 9.70. The van der Waals surface area contributed by atoms with Crippen LogP contribution in [0.2, 0.25) is 0 Å². The zero-order chi connectivity index (χ0) is 20.5. The Morgan fingerprint density at radius 3 is 2.57 bits per heavy atom. The van der Waals surface area contributed by atoms with Gasteiger partial charge in [-0.2, -0.15) is 5.10 Å². The number of rotatable bonds is 8. The van der Waals surface area contributed by atoms with Crippen molar-refractivity contribution in [2.24, 2.45) is 4.99 Å². The molecule has 0 fully saturated rings. The van der Waals surface area contributed by atoms with Gasteiger partial charge in [0.25, 0.3) is 0 Å². The molecule has 0 saturated heterocycles. The number of aliphatic imine (C=N–C) groups is 1. The third kappa shape index (κ3) is 7.32. The lowest BCUT2D eigenvalue weighted by Gasteiger charge is -2.22. The summed E-state index contributed by atoms with van der Waals surface area (Å²) >= 11 is 1.76. The van der Waals surface area contributed by atoms with Crippen LogP contribution in [0.4, 0.5) is 0 Å². The molecule has 0 atom stereocenters. The molecule has 6 nitrogen and oxygen atoms in total. The summed E-state index contributed by atoms with van der Waals surface area (Å²) in [7, 11) is 2.07. The van der Waals surface area contributed by atoms with Crippen molar-refractivity contribution in [3.8, 4) is 0 Å². The molecule has 1 heterocycles. The average molecular weight is 536 g/mol. The van der Waals surface area contributed by atoms with Crippen molar-refractivity contribution in [3.05, 3.63) is 77.9 Å². The molecule has 0 bridgehead atoms. The third-order valence-electron chi connectivity index (χ3n) is 4.49. The predicted octanol–water partition coefficient (Wildman–Crippen LogP) is 4.26. The van der Waals surface area contributed by atoms with Crippen LogP contribution in [-0.4, -0.2) is 45.5 Å². The van der Waals surface area contributed by atoms with Crippen molar-refractivity contribution < 1.29 is 0 Å². The second kappa shape index (κ2) is 12.6. The van der Waals surface area contributed by atoms with E-state index in [1.807, 2.05) is 4.68 Å². The van der Waals surface area contributed by atoms with Crippen LogP contribution in [0.3, 0.4) is 0 Å². The van der Waals surface area contributed by atoms with Crippen molar-refractivity contribution >= 4 is 41.7 Å². The van der Waals surface area contributed by atoms with Crippen LogP contribution in [0.15, 0.2) is 71.1 Å². The summed E-state index contributed by atoms with van der Waals surface area (Å²) in [6, 6.07) is 17.1. The smallest absolute Gasteiger partial charge is 0.194 e. The number of hydrogen-bond acceptors (Lipinski definition) is 4. The topological polar surface area (TPSA) is 58.3 Å². The van der Waals surface area contributed by atoms with E-state index in [1.54, 1.807) is 24.4 Å². The minimum atomic E-state index is 0. The van der Waals surface area contributed by atoms with Gasteiger partial charge in [-0.3, -0.25) is 0 Å². The van der Waals surface area contributed by atoms with Crippen molar-refractivity contribution in [3.63, 3.8) is 0 Å². The van der Waals surface area contributed by atoms with Gasteiger partial charge in [0.15, 0.2) is 5.96 Å². The SMILES string of the molecule is CCNC(=NCc1cccc(Cn2cncn2)c1)N(C)Cc1ccc(SC)cc1.I. The summed E-state index contributed by atoms with van der Waals surface area (Å²) in [5.41, 5.74) is 3.64. The maximum Gasteiger partial charge on any atom is 0.194 e. The molecule has 0 aliphatic heterocycles. The molecule has 8 heteroatoms. The van der Waals surface area contributed by atoms with E-state index >= 15 is 0 Å². The fourth-order valence-electron chi connectivity index (χ4n) is 3.04. The number of thioether (sulfide) groups is 1. The maximum atomic E-state index is 4.84. The number of nitrogens with one attached hydrogen (secondary N) is 1. The third-order valence-corrected chi connectivity index (χ3v) is 5.23. The van der Waals surface area contributed by atoms with Crippen LogP contribution in [0.1, 0.15) is 23.6 Å². The normalized spacial score (nSPS) is 11.1. The fraction of sp³-hybridized carbons (Fsp3) is 0.318. The van der Waals surface area contributed by atoms with Gasteiger partial charge in [-0.15, -0.1) is 35.7 Å². The van der Waals surface area contributed by atoms with E-state index in [0.717, 1.165) is 19.0 Å².